The van der Waals surface area contributed by atoms with Crippen molar-refractivity contribution >= 4 is 39.7 Å². The summed E-state index contributed by atoms with van der Waals surface area (Å²) in [6.07, 6.45) is 3.43. The van der Waals surface area contributed by atoms with Gasteiger partial charge in [-0.25, -0.2) is 14.3 Å². The fourth-order valence-electron chi connectivity index (χ4n) is 2.80. The SMILES string of the molecule is CC(C)(C)OCCn1c(C2CC2)c(I)c2ncn(C(N)=O)c(=O)c21. The summed E-state index contributed by atoms with van der Waals surface area (Å²) < 4.78 is 9.63. The third-order valence-corrected chi connectivity index (χ3v) is 5.06. The first kappa shape index (κ1) is 17.4. The smallest absolute Gasteiger partial charge is 0.327 e. The Morgan fingerprint density at radius 3 is 2.67 bits per heavy atom. The van der Waals surface area contributed by atoms with Crippen molar-refractivity contribution in [3.63, 3.8) is 0 Å². The van der Waals surface area contributed by atoms with Crippen LogP contribution in [0.4, 0.5) is 4.79 Å². The Bertz CT molecular complexity index is 859. The van der Waals surface area contributed by atoms with E-state index in [9.17, 15) is 9.59 Å². The van der Waals surface area contributed by atoms with Crippen LogP contribution in [0.15, 0.2) is 11.1 Å². The molecule has 130 valence electrons. The number of hydrogen-bond donors (Lipinski definition) is 1. The van der Waals surface area contributed by atoms with Gasteiger partial charge >= 0.3 is 6.03 Å². The van der Waals surface area contributed by atoms with Crippen LogP contribution >= 0.6 is 22.6 Å². The number of amides is 1. The molecule has 8 heteroatoms. The molecule has 0 atom stereocenters. The minimum absolute atomic E-state index is 0.248. The lowest BCUT2D eigenvalue weighted by molar-refractivity contribution is -0.00668. The summed E-state index contributed by atoms with van der Waals surface area (Å²) in [5.74, 6) is 0.446. The molecule has 7 nitrogen and oxygen atoms in total. The van der Waals surface area contributed by atoms with Crippen LogP contribution in [0, 0.1) is 3.57 Å². The highest BCUT2D eigenvalue weighted by Crippen LogP contribution is 2.44. The molecule has 0 radical (unpaired) electrons. The lowest BCUT2D eigenvalue weighted by Crippen LogP contribution is -2.33. The number of primary amides is 1. The van der Waals surface area contributed by atoms with Crippen LogP contribution in [0.25, 0.3) is 11.0 Å². The van der Waals surface area contributed by atoms with Gasteiger partial charge in [0.25, 0.3) is 5.56 Å². The van der Waals surface area contributed by atoms with E-state index in [4.69, 9.17) is 10.5 Å². The van der Waals surface area contributed by atoms with Gasteiger partial charge in [0.2, 0.25) is 0 Å². The van der Waals surface area contributed by atoms with Gasteiger partial charge in [0.1, 0.15) is 17.4 Å². The topological polar surface area (TPSA) is 92.1 Å². The van der Waals surface area contributed by atoms with E-state index < -0.39 is 11.6 Å². The molecule has 0 aliphatic heterocycles. The highest BCUT2D eigenvalue weighted by Gasteiger charge is 2.32. The Balaban J connectivity index is 2.12. The predicted octanol–water partition coefficient (Wildman–Crippen LogP) is 2.42. The summed E-state index contributed by atoms with van der Waals surface area (Å²) in [7, 11) is 0. The van der Waals surface area contributed by atoms with Crippen LogP contribution in [0.3, 0.4) is 0 Å². The average molecular weight is 444 g/mol. The van der Waals surface area contributed by atoms with Gasteiger partial charge in [-0.1, -0.05) is 0 Å². The zero-order valence-corrected chi connectivity index (χ0v) is 16.2. The Kier molecular flexibility index (Phi) is 4.45. The first-order valence-corrected chi connectivity index (χ1v) is 9.01. The van der Waals surface area contributed by atoms with E-state index >= 15 is 0 Å². The second-order valence-electron chi connectivity index (χ2n) is 7.04. The lowest BCUT2D eigenvalue weighted by Gasteiger charge is -2.20. The van der Waals surface area contributed by atoms with Crippen molar-refractivity contribution in [1.82, 2.24) is 14.1 Å². The number of aromatic nitrogens is 3. The van der Waals surface area contributed by atoms with Crippen molar-refractivity contribution in [1.29, 1.82) is 0 Å². The monoisotopic (exact) mass is 444 g/mol. The number of rotatable bonds is 4. The second-order valence-corrected chi connectivity index (χ2v) is 8.12. The summed E-state index contributed by atoms with van der Waals surface area (Å²) in [6.45, 7) is 7.01. The molecular weight excluding hydrogens is 423 g/mol. The first-order chi connectivity index (χ1) is 11.2. The molecule has 0 spiro atoms. The molecule has 2 aromatic heterocycles. The van der Waals surface area contributed by atoms with Gasteiger partial charge in [0, 0.05) is 18.2 Å². The molecule has 0 bridgehead atoms. The van der Waals surface area contributed by atoms with E-state index in [-0.39, 0.29) is 5.60 Å². The molecular formula is C16H21IN4O3. The van der Waals surface area contributed by atoms with E-state index in [0.717, 1.165) is 26.7 Å². The van der Waals surface area contributed by atoms with Gasteiger partial charge in [0.05, 0.1) is 15.8 Å². The van der Waals surface area contributed by atoms with Gasteiger partial charge < -0.3 is 15.0 Å². The maximum absolute atomic E-state index is 12.7. The van der Waals surface area contributed by atoms with E-state index in [1.165, 1.54) is 6.33 Å². The predicted molar refractivity (Wildman–Crippen MR) is 99.4 cm³/mol. The number of halogens is 1. The van der Waals surface area contributed by atoms with Crippen LogP contribution in [0.2, 0.25) is 0 Å². The standard InChI is InChI=1S/C16H21IN4O3/c1-16(2,3)24-7-6-20-12(9-4-5-9)10(17)11-13(20)14(22)21(8-19-11)15(18)23/h8-9H,4-7H2,1-3H3,(H2,18,23). The third-order valence-electron chi connectivity index (χ3n) is 3.99. The third kappa shape index (κ3) is 3.21. The Morgan fingerprint density at radius 1 is 1.46 bits per heavy atom. The number of fused-ring (bicyclic) bond motifs is 1. The van der Waals surface area contributed by atoms with Crippen LogP contribution in [-0.2, 0) is 11.3 Å². The Labute approximate surface area is 153 Å². The van der Waals surface area contributed by atoms with Crippen molar-refractivity contribution in [2.75, 3.05) is 6.61 Å². The summed E-state index contributed by atoms with van der Waals surface area (Å²) in [5, 5.41) is 0. The quantitative estimate of drug-likeness (QED) is 0.734. The fourth-order valence-corrected chi connectivity index (χ4v) is 3.92. The Hall–Kier alpha value is -1.42. The minimum Gasteiger partial charge on any atom is -0.374 e. The van der Waals surface area contributed by atoms with Crippen LogP contribution in [-0.4, -0.2) is 32.4 Å². The largest absolute Gasteiger partial charge is 0.374 e. The number of carbonyl (C=O) groups excluding carboxylic acids is 1. The normalized spacial score (nSPS) is 15.2. The fraction of sp³-hybridized carbons (Fsp3) is 0.562. The van der Waals surface area contributed by atoms with Crippen molar-refractivity contribution in [3.8, 4) is 0 Å². The molecule has 2 heterocycles. The van der Waals surface area contributed by atoms with Gasteiger partial charge in [-0.2, -0.15) is 0 Å². The van der Waals surface area contributed by atoms with Crippen LogP contribution in [0.1, 0.15) is 45.2 Å². The maximum Gasteiger partial charge on any atom is 0.327 e. The number of nitrogens with two attached hydrogens (primary N) is 1. The highest BCUT2D eigenvalue weighted by atomic mass is 127. The van der Waals surface area contributed by atoms with Crippen LogP contribution in [0.5, 0.6) is 0 Å². The van der Waals surface area contributed by atoms with Gasteiger partial charge in [-0.15, -0.1) is 0 Å². The summed E-state index contributed by atoms with van der Waals surface area (Å²) in [4.78, 5) is 28.5. The molecule has 2 N–H and O–H groups in total. The number of ether oxygens (including phenoxy) is 1. The molecule has 0 saturated heterocycles. The molecule has 0 aromatic carbocycles. The lowest BCUT2D eigenvalue weighted by atomic mass is 10.2. The molecule has 1 fully saturated rings. The first-order valence-electron chi connectivity index (χ1n) is 7.93. The number of nitrogens with zero attached hydrogens (tertiary/aromatic N) is 3. The number of carbonyl (C=O) groups is 1. The molecule has 0 unspecified atom stereocenters. The zero-order chi connectivity index (χ0) is 17.6. The highest BCUT2D eigenvalue weighted by molar-refractivity contribution is 14.1. The molecule has 2 aromatic rings. The second kappa shape index (κ2) is 6.14. The molecule has 1 aliphatic carbocycles. The van der Waals surface area contributed by atoms with E-state index in [1.54, 1.807) is 0 Å². The van der Waals surface area contributed by atoms with Crippen molar-refractivity contribution in [3.05, 3.63) is 25.9 Å². The van der Waals surface area contributed by atoms with E-state index in [2.05, 4.69) is 27.6 Å². The summed E-state index contributed by atoms with van der Waals surface area (Å²) in [5.41, 5.74) is 6.79. The molecule has 24 heavy (non-hydrogen) atoms. The van der Waals surface area contributed by atoms with Gasteiger partial charge in [-0.3, -0.25) is 4.79 Å². The average Bonchev–Trinajstić information content (AvgIpc) is 3.24. The minimum atomic E-state index is -0.823. The maximum atomic E-state index is 12.7. The summed E-state index contributed by atoms with van der Waals surface area (Å²) >= 11 is 2.24. The van der Waals surface area contributed by atoms with Crippen molar-refractivity contribution in [2.24, 2.45) is 5.73 Å². The molecule has 1 amide bonds. The van der Waals surface area contributed by atoms with Crippen LogP contribution < -0.4 is 11.3 Å². The molecule has 3 rings (SSSR count). The summed E-state index contributed by atoms with van der Waals surface area (Å²) in [6, 6.07) is -0.823. The molecule has 1 aliphatic rings. The number of hydrogen-bond acceptors (Lipinski definition) is 4. The Morgan fingerprint density at radius 2 is 2.12 bits per heavy atom. The van der Waals surface area contributed by atoms with E-state index in [1.807, 2.05) is 25.3 Å². The zero-order valence-electron chi connectivity index (χ0n) is 14.0. The van der Waals surface area contributed by atoms with Gasteiger partial charge in [-0.05, 0) is 56.2 Å². The van der Waals surface area contributed by atoms with Gasteiger partial charge in [0.15, 0.2) is 0 Å². The van der Waals surface area contributed by atoms with Crippen molar-refractivity contribution < 1.29 is 9.53 Å². The van der Waals surface area contributed by atoms with Crippen molar-refractivity contribution in [2.45, 2.75) is 51.7 Å². The van der Waals surface area contributed by atoms with E-state index in [0.29, 0.717) is 30.1 Å². The molecule has 1 saturated carbocycles.